The SMILES string of the molecule is Cc1ccc(N=Cc2ccc(CNS(=O)(=O)c3ccc(Br)cc3)o2)cc1C. The molecule has 1 N–H and O–H groups in total. The quantitative estimate of drug-likeness (QED) is 0.547. The number of benzene rings is 2. The van der Waals surface area contributed by atoms with Crippen molar-refractivity contribution in [2.75, 3.05) is 0 Å². The van der Waals surface area contributed by atoms with E-state index >= 15 is 0 Å². The molecule has 0 aliphatic heterocycles. The summed E-state index contributed by atoms with van der Waals surface area (Å²) >= 11 is 3.29. The van der Waals surface area contributed by atoms with Gasteiger partial charge >= 0.3 is 0 Å². The zero-order valence-corrected chi connectivity index (χ0v) is 17.3. The van der Waals surface area contributed by atoms with Crippen LogP contribution in [0.25, 0.3) is 0 Å². The van der Waals surface area contributed by atoms with Crippen molar-refractivity contribution in [2.24, 2.45) is 4.99 Å². The molecule has 0 fully saturated rings. The van der Waals surface area contributed by atoms with Gasteiger partial charge in [0.1, 0.15) is 11.5 Å². The average Bonchev–Trinajstić information content (AvgIpc) is 3.09. The molecule has 0 aliphatic rings. The standard InChI is InChI=1S/C20H19BrN2O3S/c1-14-3-6-17(11-15(14)2)22-12-18-7-8-19(26-18)13-23-27(24,25)20-9-4-16(21)5-10-20/h3-12,23H,13H2,1-2H3. The zero-order chi connectivity index (χ0) is 19.4. The van der Waals surface area contributed by atoms with Crippen LogP contribution in [0.2, 0.25) is 0 Å². The lowest BCUT2D eigenvalue weighted by Gasteiger charge is -2.05. The monoisotopic (exact) mass is 446 g/mol. The van der Waals surface area contributed by atoms with Crippen LogP contribution in [0, 0.1) is 13.8 Å². The summed E-state index contributed by atoms with van der Waals surface area (Å²) in [6.07, 6.45) is 1.62. The highest BCUT2D eigenvalue weighted by molar-refractivity contribution is 9.10. The minimum atomic E-state index is -3.59. The highest BCUT2D eigenvalue weighted by Gasteiger charge is 2.14. The van der Waals surface area contributed by atoms with Gasteiger partial charge in [-0.1, -0.05) is 22.0 Å². The summed E-state index contributed by atoms with van der Waals surface area (Å²) in [4.78, 5) is 4.60. The van der Waals surface area contributed by atoms with Gasteiger partial charge in [-0.25, -0.2) is 13.1 Å². The van der Waals surface area contributed by atoms with Gasteiger partial charge in [0.2, 0.25) is 10.0 Å². The Morgan fingerprint density at radius 3 is 2.48 bits per heavy atom. The number of nitrogens with one attached hydrogen (secondary N) is 1. The van der Waals surface area contributed by atoms with Crippen molar-refractivity contribution >= 4 is 37.9 Å². The maximum Gasteiger partial charge on any atom is 0.240 e. The minimum absolute atomic E-state index is 0.0654. The van der Waals surface area contributed by atoms with Crippen molar-refractivity contribution in [1.82, 2.24) is 4.72 Å². The maximum atomic E-state index is 12.3. The molecular weight excluding hydrogens is 428 g/mol. The summed E-state index contributed by atoms with van der Waals surface area (Å²) in [6, 6.07) is 15.9. The van der Waals surface area contributed by atoms with Crippen LogP contribution in [-0.2, 0) is 16.6 Å². The van der Waals surface area contributed by atoms with E-state index in [1.165, 1.54) is 23.3 Å². The molecule has 0 spiro atoms. The maximum absolute atomic E-state index is 12.3. The van der Waals surface area contributed by atoms with E-state index in [-0.39, 0.29) is 11.4 Å². The second-order valence-corrected chi connectivity index (χ2v) is 8.79. The Labute approximate surface area is 167 Å². The smallest absolute Gasteiger partial charge is 0.240 e. The highest BCUT2D eigenvalue weighted by atomic mass is 79.9. The van der Waals surface area contributed by atoms with Crippen molar-refractivity contribution in [2.45, 2.75) is 25.3 Å². The number of halogens is 1. The first-order chi connectivity index (χ1) is 12.8. The van der Waals surface area contributed by atoms with E-state index in [4.69, 9.17) is 4.42 Å². The predicted molar refractivity (Wildman–Crippen MR) is 110 cm³/mol. The molecule has 0 radical (unpaired) electrons. The number of furan rings is 1. The minimum Gasteiger partial charge on any atom is -0.459 e. The van der Waals surface area contributed by atoms with Crippen LogP contribution in [0.4, 0.5) is 5.69 Å². The molecule has 0 saturated carbocycles. The fourth-order valence-corrected chi connectivity index (χ4v) is 3.62. The predicted octanol–water partition coefficient (Wildman–Crippen LogP) is 4.89. The van der Waals surface area contributed by atoms with Crippen LogP contribution in [-0.4, -0.2) is 14.6 Å². The van der Waals surface area contributed by atoms with Gasteiger partial charge in [0.15, 0.2) is 0 Å². The van der Waals surface area contributed by atoms with E-state index in [0.717, 1.165) is 10.2 Å². The Hall–Kier alpha value is -2.22. The lowest BCUT2D eigenvalue weighted by Crippen LogP contribution is -2.22. The van der Waals surface area contributed by atoms with Gasteiger partial charge in [0, 0.05) is 4.47 Å². The summed E-state index contributed by atoms with van der Waals surface area (Å²) in [7, 11) is -3.59. The van der Waals surface area contributed by atoms with Crippen LogP contribution in [0.3, 0.4) is 0 Å². The van der Waals surface area contributed by atoms with Crippen LogP contribution in [0.15, 0.2) is 73.4 Å². The Morgan fingerprint density at radius 2 is 1.78 bits per heavy atom. The number of aliphatic imine (C=N–C) groups is 1. The molecule has 0 bridgehead atoms. The van der Waals surface area contributed by atoms with E-state index in [1.807, 2.05) is 25.1 Å². The van der Waals surface area contributed by atoms with Gasteiger partial charge in [-0.15, -0.1) is 0 Å². The van der Waals surface area contributed by atoms with Gasteiger partial charge < -0.3 is 4.42 Å². The molecule has 0 amide bonds. The molecule has 5 nitrogen and oxygen atoms in total. The number of hydrogen-bond acceptors (Lipinski definition) is 4. The molecule has 3 rings (SSSR count). The molecule has 27 heavy (non-hydrogen) atoms. The van der Waals surface area contributed by atoms with Gasteiger partial charge in [-0.05, 0) is 73.5 Å². The summed E-state index contributed by atoms with van der Waals surface area (Å²) in [6.45, 7) is 4.16. The first-order valence-electron chi connectivity index (χ1n) is 8.29. The number of hydrogen-bond donors (Lipinski definition) is 1. The molecule has 3 aromatic rings. The van der Waals surface area contributed by atoms with Crippen molar-refractivity contribution in [1.29, 1.82) is 0 Å². The van der Waals surface area contributed by atoms with Gasteiger partial charge in [-0.2, -0.15) is 0 Å². The highest BCUT2D eigenvalue weighted by Crippen LogP contribution is 2.18. The molecule has 0 unspecified atom stereocenters. The fourth-order valence-electron chi connectivity index (χ4n) is 2.37. The van der Waals surface area contributed by atoms with Crippen molar-refractivity contribution in [3.63, 3.8) is 0 Å². The zero-order valence-electron chi connectivity index (χ0n) is 14.9. The largest absolute Gasteiger partial charge is 0.459 e. The first kappa shape index (κ1) is 19.5. The molecule has 7 heteroatoms. The van der Waals surface area contributed by atoms with Crippen LogP contribution in [0.1, 0.15) is 22.6 Å². The molecule has 1 heterocycles. The number of aryl methyl sites for hydroxylation is 2. The van der Waals surface area contributed by atoms with Crippen molar-refractivity contribution < 1.29 is 12.8 Å². The number of rotatable bonds is 6. The fraction of sp³-hybridized carbons (Fsp3) is 0.150. The van der Waals surface area contributed by atoms with Crippen molar-refractivity contribution in [3.8, 4) is 0 Å². The second-order valence-electron chi connectivity index (χ2n) is 6.11. The molecule has 0 saturated heterocycles. The van der Waals surface area contributed by atoms with E-state index in [0.29, 0.717) is 11.5 Å². The first-order valence-corrected chi connectivity index (χ1v) is 10.6. The van der Waals surface area contributed by atoms with Gasteiger partial charge in [-0.3, -0.25) is 4.99 Å². The molecule has 140 valence electrons. The molecule has 2 aromatic carbocycles. The lowest BCUT2D eigenvalue weighted by molar-refractivity contribution is 0.494. The van der Waals surface area contributed by atoms with Crippen molar-refractivity contribution in [3.05, 3.63) is 81.7 Å². The third-order valence-electron chi connectivity index (χ3n) is 4.07. The number of nitrogens with zero attached hydrogens (tertiary/aromatic N) is 1. The van der Waals surface area contributed by atoms with E-state index in [2.05, 4.69) is 32.6 Å². The molecular formula is C20H19BrN2O3S. The second kappa shape index (κ2) is 8.21. The topological polar surface area (TPSA) is 71.7 Å². The van der Waals surface area contributed by atoms with Crippen LogP contribution >= 0.6 is 15.9 Å². The summed E-state index contributed by atoms with van der Waals surface area (Å²) in [5.74, 6) is 1.07. The normalized spacial score (nSPS) is 12.0. The Kier molecular flexibility index (Phi) is 5.94. The molecule has 0 aliphatic carbocycles. The average molecular weight is 447 g/mol. The van der Waals surface area contributed by atoms with Crippen LogP contribution in [0.5, 0.6) is 0 Å². The Balaban J connectivity index is 1.64. The third-order valence-corrected chi connectivity index (χ3v) is 6.02. The number of sulfonamides is 1. The summed E-state index contributed by atoms with van der Waals surface area (Å²) < 4.78 is 33.6. The van der Waals surface area contributed by atoms with Gasteiger partial charge in [0.05, 0.1) is 23.3 Å². The summed E-state index contributed by atoms with van der Waals surface area (Å²) in [5, 5.41) is 0. The lowest BCUT2D eigenvalue weighted by atomic mass is 10.1. The van der Waals surface area contributed by atoms with E-state index < -0.39 is 10.0 Å². The molecule has 0 atom stereocenters. The summed E-state index contributed by atoms with van der Waals surface area (Å²) in [5.41, 5.74) is 3.23. The third kappa shape index (κ3) is 5.15. The van der Waals surface area contributed by atoms with Crippen LogP contribution < -0.4 is 4.72 Å². The molecule has 1 aromatic heterocycles. The van der Waals surface area contributed by atoms with E-state index in [9.17, 15) is 8.42 Å². The Bertz CT molecular complexity index is 1070. The van der Waals surface area contributed by atoms with Gasteiger partial charge in [0.25, 0.3) is 0 Å². The Morgan fingerprint density at radius 1 is 1.04 bits per heavy atom. The van der Waals surface area contributed by atoms with E-state index in [1.54, 1.807) is 30.5 Å².